The van der Waals surface area contributed by atoms with Gasteiger partial charge >= 0.3 is 5.97 Å². The zero-order valence-corrected chi connectivity index (χ0v) is 7.99. The van der Waals surface area contributed by atoms with Gasteiger partial charge in [-0.2, -0.15) is 4.99 Å². The highest BCUT2D eigenvalue weighted by atomic mass is 19.1. The molecule has 0 N–H and O–H groups in total. The maximum atomic E-state index is 12.8. The first kappa shape index (κ1) is 11.1. The van der Waals surface area contributed by atoms with Crippen molar-refractivity contribution in [1.29, 1.82) is 0 Å². The van der Waals surface area contributed by atoms with Gasteiger partial charge < -0.3 is 4.74 Å². The fourth-order valence-corrected chi connectivity index (χ4v) is 1.03. The average Bonchev–Trinajstić information content (AvgIpc) is 2.18. The SMILES string of the molecule is CCOC(=O)c1ccc(F)cc1N=C=O. The predicted molar refractivity (Wildman–Crippen MR) is 50.1 cm³/mol. The van der Waals surface area contributed by atoms with E-state index in [-0.39, 0.29) is 17.9 Å². The Bertz CT molecular complexity index is 425. The third kappa shape index (κ3) is 2.72. The molecule has 0 amide bonds. The second-order valence-electron chi connectivity index (χ2n) is 2.59. The summed E-state index contributed by atoms with van der Waals surface area (Å²) in [5.74, 6) is -1.23. The minimum Gasteiger partial charge on any atom is -0.462 e. The van der Waals surface area contributed by atoms with Crippen molar-refractivity contribution in [3.05, 3.63) is 29.6 Å². The van der Waals surface area contributed by atoms with Crippen molar-refractivity contribution in [2.24, 2.45) is 4.99 Å². The molecule has 0 saturated heterocycles. The van der Waals surface area contributed by atoms with Gasteiger partial charge in [0.25, 0.3) is 0 Å². The van der Waals surface area contributed by atoms with Crippen LogP contribution in [0.4, 0.5) is 10.1 Å². The molecule has 78 valence electrons. The van der Waals surface area contributed by atoms with E-state index in [1.807, 2.05) is 0 Å². The number of hydrogen-bond acceptors (Lipinski definition) is 4. The Morgan fingerprint density at radius 1 is 1.60 bits per heavy atom. The summed E-state index contributed by atoms with van der Waals surface area (Å²) in [6, 6.07) is 3.27. The Hall–Kier alpha value is -2.00. The highest BCUT2D eigenvalue weighted by Crippen LogP contribution is 2.20. The van der Waals surface area contributed by atoms with Gasteiger partial charge in [-0.1, -0.05) is 0 Å². The summed E-state index contributed by atoms with van der Waals surface area (Å²) >= 11 is 0. The molecule has 0 aliphatic heterocycles. The fraction of sp³-hybridized carbons (Fsp3) is 0.200. The van der Waals surface area contributed by atoms with E-state index in [2.05, 4.69) is 4.99 Å². The Morgan fingerprint density at radius 3 is 2.93 bits per heavy atom. The maximum Gasteiger partial charge on any atom is 0.340 e. The maximum absolute atomic E-state index is 12.8. The average molecular weight is 209 g/mol. The van der Waals surface area contributed by atoms with Gasteiger partial charge in [0.05, 0.1) is 17.9 Å². The van der Waals surface area contributed by atoms with Crippen LogP contribution in [0.3, 0.4) is 0 Å². The Balaban J connectivity index is 3.16. The number of hydrogen-bond donors (Lipinski definition) is 0. The number of carbonyl (C=O) groups is 1. The van der Waals surface area contributed by atoms with Crippen molar-refractivity contribution in [2.45, 2.75) is 6.92 Å². The van der Waals surface area contributed by atoms with Gasteiger partial charge in [0.2, 0.25) is 6.08 Å². The predicted octanol–water partition coefficient (Wildman–Crippen LogP) is 1.97. The third-order valence-corrected chi connectivity index (χ3v) is 1.62. The molecule has 0 spiro atoms. The van der Waals surface area contributed by atoms with Crippen LogP contribution in [0.2, 0.25) is 0 Å². The topological polar surface area (TPSA) is 55.7 Å². The molecule has 0 radical (unpaired) electrons. The Morgan fingerprint density at radius 2 is 2.33 bits per heavy atom. The molecule has 1 aromatic carbocycles. The smallest absolute Gasteiger partial charge is 0.340 e. The van der Waals surface area contributed by atoms with Crippen LogP contribution in [0.5, 0.6) is 0 Å². The standard InChI is InChI=1S/C10H8FNO3/c1-2-15-10(14)8-4-3-7(11)5-9(8)12-6-13/h3-5H,2H2,1H3. The first-order chi connectivity index (χ1) is 7.19. The molecule has 0 bridgehead atoms. The summed E-state index contributed by atoms with van der Waals surface area (Å²) in [5.41, 5.74) is -0.0370. The molecule has 15 heavy (non-hydrogen) atoms. The van der Waals surface area contributed by atoms with Crippen LogP contribution >= 0.6 is 0 Å². The van der Waals surface area contributed by atoms with E-state index in [0.717, 1.165) is 12.1 Å². The number of benzene rings is 1. The monoisotopic (exact) mass is 209 g/mol. The molecule has 0 saturated carbocycles. The van der Waals surface area contributed by atoms with Crippen molar-refractivity contribution in [3.63, 3.8) is 0 Å². The zero-order valence-electron chi connectivity index (χ0n) is 7.99. The fourth-order valence-electron chi connectivity index (χ4n) is 1.03. The lowest BCUT2D eigenvalue weighted by Crippen LogP contribution is -2.04. The van der Waals surface area contributed by atoms with E-state index in [4.69, 9.17) is 4.74 Å². The van der Waals surface area contributed by atoms with Crippen LogP contribution in [-0.2, 0) is 9.53 Å². The van der Waals surface area contributed by atoms with E-state index in [1.165, 1.54) is 12.1 Å². The second kappa shape index (κ2) is 5.02. The molecular weight excluding hydrogens is 201 g/mol. The molecule has 0 aromatic heterocycles. The summed E-state index contributed by atoms with van der Waals surface area (Å²) in [7, 11) is 0. The number of ether oxygens (including phenoxy) is 1. The summed E-state index contributed by atoms with van der Waals surface area (Å²) in [4.78, 5) is 24.6. The molecule has 0 atom stereocenters. The van der Waals surface area contributed by atoms with E-state index in [1.54, 1.807) is 6.92 Å². The summed E-state index contributed by atoms with van der Waals surface area (Å²) in [5, 5.41) is 0. The molecule has 0 fully saturated rings. The number of halogens is 1. The summed E-state index contributed by atoms with van der Waals surface area (Å²) < 4.78 is 17.5. The molecule has 4 nitrogen and oxygen atoms in total. The largest absolute Gasteiger partial charge is 0.462 e. The van der Waals surface area contributed by atoms with Crippen molar-refractivity contribution >= 4 is 17.7 Å². The van der Waals surface area contributed by atoms with Crippen LogP contribution < -0.4 is 0 Å². The highest BCUT2D eigenvalue weighted by molar-refractivity contribution is 5.95. The van der Waals surface area contributed by atoms with Gasteiger partial charge in [-0.25, -0.2) is 14.0 Å². The van der Waals surface area contributed by atoms with E-state index >= 15 is 0 Å². The quantitative estimate of drug-likeness (QED) is 0.434. The van der Waals surface area contributed by atoms with E-state index < -0.39 is 11.8 Å². The number of nitrogens with zero attached hydrogens (tertiary/aromatic N) is 1. The van der Waals surface area contributed by atoms with Gasteiger partial charge in [0.15, 0.2) is 0 Å². The van der Waals surface area contributed by atoms with Crippen molar-refractivity contribution < 1.29 is 18.7 Å². The first-order valence-electron chi connectivity index (χ1n) is 4.23. The zero-order chi connectivity index (χ0) is 11.3. The minimum absolute atomic E-state index is 0.0431. The normalized spacial score (nSPS) is 9.20. The van der Waals surface area contributed by atoms with Crippen molar-refractivity contribution in [1.82, 2.24) is 0 Å². The van der Waals surface area contributed by atoms with Crippen LogP contribution in [0.15, 0.2) is 23.2 Å². The van der Waals surface area contributed by atoms with E-state index in [0.29, 0.717) is 0 Å². The lowest BCUT2D eigenvalue weighted by Gasteiger charge is -2.03. The second-order valence-corrected chi connectivity index (χ2v) is 2.59. The summed E-state index contributed by atoms with van der Waals surface area (Å²) in [6.07, 6.45) is 1.25. The molecule has 0 heterocycles. The van der Waals surface area contributed by atoms with Crippen molar-refractivity contribution in [3.8, 4) is 0 Å². The number of rotatable bonds is 3. The molecule has 0 aliphatic rings. The number of carbonyl (C=O) groups excluding carboxylic acids is 2. The Labute approximate surface area is 85.4 Å². The number of isocyanates is 1. The van der Waals surface area contributed by atoms with E-state index in [9.17, 15) is 14.0 Å². The molecule has 1 rings (SSSR count). The van der Waals surface area contributed by atoms with Crippen molar-refractivity contribution in [2.75, 3.05) is 6.61 Å². The lowest BCUT2D eigenvalue weighted by molar-refractivity contribution is 0.0527. The molecule has 0 unspecified atom stereocenters. The molecular formula is C10H8FNO3. The minimum atomic E-state index is -0.647. The van der Waals surface area contributed by atoms with Crippen LogP contribution in [0, 0.1) is 5.82 Å². The Kier molecular flexibility index (Phi) is 3.71. The van der Waals surface area contributed by atoms with Gasteiger partial charge in [0, 0.05) is 6.07 Å². The summed E-state index contributed by atoms with van der Waals surface area (Å²) in [6.45, 7) is 1.84. The first-order valence-corrected chi connectivity index (χ1v) is 4.23. The van der Waals surface area contributed by atoms with Gasteiger partial charge in [-0.05, 0) is 19.1 Å². The highest BCUT2D eigenvalue weighted by Gasteiger charge is 2.12. The van der Waals surface area contributed by atoms with Crippen LogP contribution in [0.25, 0.3) is 0 Å². The van der Waals surface area contributed by atoms with Crippen LogP contribution in [0.1, 0.15) is 17.3 Å². The number of aliphatic imine (C=N–C) groups is 1. The third-order valence-electron chi connectivity index (χ3n) is 1.62. The van der Waals surface area contributed by atoms with Gasteiger partial charge in [-0.3, -0.25) is 0 Å². The molecule has 1 aromatic rings. The van der Waals surface area contributed by atoms with Gasteiger partial charge in [-0.15, -0.1) is 0 Å². The van der Waals surface area contributed by atoms with Crippen LogP contribution in [-0.4, -0.2) is 18.7 Å². The molecule has 0 aliphatic carbocycles. The molecule has 5 heteroatoms. The van der Waals surface area contributed by atoms with Gasteiger partial charge in [0.1, 0.15) is 5.82 Å². The lowest BCUT2D eigenvalue weighted by atomic mass is 10.2. The number of esters is 1.